The molecule has 0 bridgehead atoms. The lowest BCUT2D eigenvalue weighted by Crippen LogP contribution is -2.44. The number of hydrogen-bond donors (Lipinski definition) is 2. The summed E-state index contributed by atoms with van der Waals surface area (Å²) in [5, 5.41) is 16.4. The number of aryl methyl sites for hydroxylation is 1. The summed E-state index contributed by atoms with van der Waals surface area (Å²) < 4.78 is 12.2. The Morgan fingerprint density at radius 2 is 1.90 bits per heavy atom. The SMILES string of the molecule is CCn1nc(C(=O)N[C@@H](Cc2ccccc2)C(=O)O)c(=O)c2cc3c(cc21)OCO3. The number of ether oxygens (including phenoxy) is 2. The van der Waals surface area contributed by atoms with Gasteiger partial charge in [-0.3, -0.25) is 14.3 Å². The van der Waals surface area contributed by atoms with Gasteiger partial charge in [-0.1, -0.05) is 30.3 Å². The van der Waals surface area contributed by atoms with Crippen LogP contribution in [0.4, 0.5) is 0 Å². The number of amides is 1. The van der Waals surface area contributed by atoms with Gasteiger partial charge in [-0.05, 0) is 18.6 Å². The van der Waals surface area contributed by atoms with Crippen molar-refractivity contribution >= 4 is 22.8 Å². The molecule has 3 aromatic rings. The highest BCUT2D eigenvalue weighted by atomic mass is 16.7. The topological polar surface area (TPSA) is 120 Å². The van der Waals surface area contributed by atoms with E-state index in [1.54, 1.807) is 30.3 Å². The average molecular weight is 409 g/mol. The highest BCUT2D eigenvalue weighted by molar-refractivity contribution is 5.97. The number of aromatic nitrogens is 2. The minimum Gasteiger partial charge on any atom is -0.480 e. The number of carbonyl (C=O) groups is 2. The van der Waals surface area contributed by atoms with Crippen LogP contribution in [0, 0.1) is 0 Å². The molecule has 2 aromatic carbocycles. The van der Waals surface area contributed by atoms with Crippen LogP contribution in [0.15, 0.2) is 47.3 Å². The van der Waals surface area contributed by atoms with Gasteiger partial charge < -0.3 is 19.9 Å². The molecule has 0 saturated heterocycles. The van der Waals surface area contributed by atoms with Gasteiger partial charge in [0.25, 0.3) is 5.91 Å². The first-order chi connectivity index (χ1) is 14.5. The van der Waals surface area contributed by atoms with Gasteiger partial charge in [0, 0.05) is 19.0 Å². The quantitative estimate of drug-likeness (QED) is 0.634. The fourth-order valence-corrected chi connectivity index (χ4v) is 3.34. The van der Waals surface area contributed by atoms with Crippen LogP contribution in [-0.4, -0.2) is 39.6 Å². The molecular formula is C21H19N3O6. The maximum Gasteiger partial charge on any atom is 0.326 e. The van der Waals surface area contributed by atoms with E-state index in [-0.39, 0.29) is 24.3 Å². The standard InChI is InChI=1S/C21H19N3O6/c1-2-24-15-10-17-16(29-11-30-17)9-13(15)19(25)18(23-24)20(26)22-14(21(27)28)8-12-6-4-3-5-7-12/h3-7,9-10,14H,2,8,11H2,1H3,(H,22,26)(H,27,28)/t14-/m0/s1. The molecule has 0 saturated carbocycles. The number of hydrogen-bond acceptors (Lipinski definition) is 6. The van der Waals surface area contributed by atoms with Crippen molar-refractivity contribution < 1.29 is 24.2 Å². The molecule has 9 nitrogen and oxygen atoms in total. The van der Waals surface area contributed by atoms with E-state index in [2.05, 4.69) is 10.4 Å². The van der Waals surface area contributed by atoms with E-state index >= 15 is 0 Å². The molecule has 2 heterocycles. The molecule has 1 aromatic heterocycles. The number of fused-ring (bicyclic) bond motifs is 2. The van der Waals surface area contributed by atoms with Crippen LogP contribution in [0.3, 0.4) is 0 Å². The molecule has 0 aliphatic carbocycles. The van der Waals surface area contributed by atoms with Crippen molar-refractivity contribution in [3.63, 3.8) is 0 Å². The van der Waals surface area contributed by atoms with E-state index in [0.29, 0.717) is 23.6 Å². The molecular weight excluding hydrogens is 390 g/mol. The highest BCUT2D eigenvalue weighted by Crippen LogP contribution is 2.34. The molecule has 1 amide bonds. The normalized spacial score (nSPS) is 13.2. The third-order valence-electron chi connectivity index (χ3n) is 4.85. The molecule has 0 spiro atoms. The first-order valence-corrected chi connectivity index (χ1v) is 9.40. The lowest BCUT2D eigenvalue weighted by Gasteiger charge is -2.15. The number of carboxylic acids is 1. The Hall–Kier alpha value is -3.88. The third-order valence-corrected chi connectivity index (χ3v) is 4.85. The number of carboxylic acid groups (broad SMARTS) is 1. The summed E-state index contributed by atoms with van der Waals surface area (Å²) in [4.78, 5) is 37.4. The maximum atomic E-state index is 13.0. The summed E-state index contributed by atoms with van der Waals surface area (Å²) in [6, 6.07) is 10.9. The van der Waals surface area contributed by atoms with Gasteiger partial charge in [0.15, 0.2) is 17.2 Å². The zero-order valence-electron chi connectivity index (χ0n) is 16.1. The fourth-order valence-electron chi connectivity index (χ4n) is 3.34. The number of nitrogens with zero attached hydrogens (tertiary/aromatic N) is 2. The maximum absolute atomic E-state index is 13.0. The summed E-state index contributed by atoms with van der Waals surface area (Å²) in [6.45, 7) is 2.26. The molecule has 0 radical (unpaired) electrons. The van der Waals surface area contributed by atoms with Crippen LogP contribution in [-0.2, 0) is 17.8 Å². The second-order valence-electron chi connectivity index (χ2n) is 6.77. The van der Waals surface area contributed by atoms with Crippen LogP contribution in [0.5, 0.6) is 11.5 Å². The Morgan fingerprint density at radius 3 is 2.57 bits per heavy atom. The van der Waals surface area contributed by atoms with Gasteiger partial charge in [0.05, 0.1) is 10.9 Å². The number of rotatable bonds is 6. The fraction of sp³-hybridized carbons (Fsp3) is 0.238. The zero-order chi connectivity index (χ0) is 21.3. The summed E-state index contributed by atoms with van der Waals surface area (Å²) in [5.74, 6) is -1.14. The second-order valence-corrected chi connectivity index (χ2v) is 6.77. The van der Waals surface area contributed by atoms with Crippen LogP contribution < -0.4 is 20.2 Å². The van der Waals surface area contributed by atoms with Crippen LogP contribution >= 0.6 is 0 Å². The summed E-state index contributed by atoms with van der Waals surface area (Å²) in [6.07, 6.45) is 0.0795. The first kappa shape index (κ1) is 19.4. The molecule has 4 rings (SSSR count). The Balaban J connectivity index is 1.70. The minimum atomic E-state index is -1.20. The Morgan fingerprint density at radius 1 is 1.20 bits per heavy atom. The molecule has 1 aliphatic rings. The van der Waals surface area contributed by atoms with Crippen molar-refractivity contribution in [2.24, 2.45) is 0 Å². The smallest absolute Gasteiger partial charge is 0.326 e. The van der Waals surface area contributed by atoms with Crippen LogP contribution in [0.1, 0.15) is 23.0 Å². The van der Waals surface area contributed by atoms with Crippen molar-refractivity contribution in [2.45, 2.75) is 25.9 Å². The van der Waals surface area contributed by atoms with Crippen molar-refractivity contribution in [3.05, 3.63) is 63.9 Å². The first-order valence-electron chi connectivity index (χ1n) is 9.40. The minimum absolute atomic E-state index is 0.0481. The molecule has 0 unspecified atom stereocenters. The van der Waals surface area contributed by atoms with Crippen LogP contribution in [0.2, 0.25) is 0 Å². The van der Waals surface area contributed by atoms with Gasteiger partial charge in [-0.2, -0.15) is 5.10 Å². The summed E-state index contributed by atoms with van der Waals surface area (Å²) in [7, 11) is 0. The molecule has 1 atom stereocenters. The molecule has 2 N–H and O–H groups in total. The highest BCUT2D eigenvalue weighted by Gasteiger charge is 2.26. The number of aliphatic carboxylic acids is 1. The van der Waals surface area contributed by atoms with Crippen molar-refractivity contribution in [1.82, 2.24) is 15.1 Å². The number of benzene rings is 2. The monoisotopic (exact) mass is 409 g/mol. The number of nitrogens with one attached hydrogen (secondary N) is 1. The number of carbonyl (C=O) groups excluding carboxylic acids is 1. The van der Waals surface area contributed by atoms with E-state index in [0.717, 1.165) is 5.56 Å². The average Bonchev–Trinajstić information content (AvgIpc) is 3.20. The summed E-state index contributed by atoms with van der Waals surface area (Å²) >= 11 is 0. The van der Waals surface area contributed by atoms with Crippen LogP contribution in [0.25, 0.3) is 10.9 Å². The van der Waals surface area contributed by atoms with Crippen molar-refractivity contribution in [2.75, 3.05) is 6.79 Å². The van der Waals surface area contributed by atoms with E-state index in [1.165, 1.54) is 10.7 Å². The lowest BCUT2D eigenvalue weighted by molar-refractivity contribution is -0.139. The van der Waals surface area contributed by atoms with E-state index in [4.69, 9.17) is 9.47 Å². The van der Waals surface area contributed by atoms with Gasteiger partial charge in [0.1, 0.15) is 6.04 Å². The van der Waals surface area contributed by atoms with Gasteiger partial charge in [-0.25, -0.2) is 4.79 Å². The molecule has 154 valence electrons. The van der Waals surface area contributed by atoms with Crippen molar-refractivity contribution in [3.8, 4) is 11.5 Å². The predicted octanol–water partition coefficient (Wildman–Crippen LogP) is 1.57. The molecule has 9 heteroatoms. The predicted molar refractivity (Wildman–Crippen MR) is 107 cm³/mol. The molecule has 0 fully saturated rings. The van der Waals surface area contributed by atoms with Crippen molar-refractivity contribution in [1.29, 1.82) is 0 Å². The van der Waals surface area contributed by atoms with Gasteiger partial charge >= 0.3 is 5.97 Å². The Bertz CT molecular complexity index is 1190. The largest absolute Gasteiger partial charge is 0.480 e. The lowest BCUT2D eigenvalue weighted by atomic mass is 10.1. The van der Waals surface area contributed by atoms with Gasteiger partial charge in [0.2, 0.25) is 12.2 Å². The Labute approximate surface area is 170 Å². The van der Waals surface area contributed by atoms with E-state index < -0.39 is 23.3 Å². The zero-order valence-corrected chi connectivity index (χ0v) is 16.1. The summed E-state index contributed by atoms with van der Waals surface area (Å²) in [5.41, 5.74) is 0.273. The van der Waals surface area contributed by atoms with E-state index in [9.17, 15) is 19.5 Å². The Kier molecular flexibility index (Phi) is 5.09. The van der Waals surface area contributed by atoms with Gasteiger partial charge in [-0.15, -0.1) is 0 Å². The molecule has 30 heavy (non-hydrogen) atoms. The molecule has 1 aliphatic heterocycles. The third kappa shape index (κ3) is 3.57. The second kappa shape index (κ2) is 7.86. The van der Waals surface area contributed by atoms with E-state index in [1.807, 2.05) is 13.0 Å².